The average molecular weight is 611 g/mol. The highest BCUT2D eigenvalue weighted by Gasteiger charge is 2.46. The molecular weight excluding hydrogens is 565 g/mol. The van der Waals surface area contributed by atoms with Gasteiger partial charge in [-0.05, 0) is 112 Å². The van der Waals surface area contributed by atoms with Crippen LogP contribution >= 0.6 is 0 Å². The van der Waals surface area contributed by atoms with Gasteiger partial charge < -0.3 is 0 Å². The van der Waals surface area contributed by atoms with Crippen molar-refractivity contribution in [3.8, 4) is 11.1 Å². The van der Waals surface area contributed by atoms with Crippen molar-refractivity contribution >= 4 is 22.4 Å². The van der Waals surface area contributed by atoms with E-state index in [-0.39, 0.29) is 0 Å². The van der Waals surface area contributed by atoms with Gasteiger partial charge in [0.25, 0.3) is 0 Å². The van der Waals surface area contributed by atoms with Crippen molar-refractivity contribution in [1.29, 1.82) is 0 Å². The van der Waals surface area contributed by atoms with E-state index in [1.54, 1.807) is 0 Å². The Balaban J connectivity index is 0.00000213. The summed E-state index contributed by atoms with van der Waals surface area (Å²) in [4.78, 5) is 0. The summed E-state index contributed by atoms with van der Waals surface area (Å²) in [5.74, 6) is 0. The quantitative estimate of drug-likeness (QED) is 0.153. The topological polar surface area (TPSA) is 0 Å². The molecule has 0 N–H and O–H groups in total. The summed E-state index contributed by atoms with van der Waals surface area (Å²) in [6, 6.07) is 42.4. The molecule has 0 saturated heterocycles. The van der Waals surface area contributed by atoms with Gasteiger partial charge in [-0.1, -0.05) is 166 Å². The van der Waals surface area contributed by atoms with Crippen LogP contribution in [0.4, 0.5) is 0 Å². The molecule has 0 bridgehead atoms. The number of hydrogen-bond donors (Lipinski definition) is 0. The molecule has 0 radical (unpaired) electrons. The molecule has 0 unspecified atom stereocenters. The fourth-order valence-corrected chi connectivity index (χ4v) is 6.80. The molecule has 1 aliphatic carbocycles. The zero-order valence-electron chi connectivity index (χ0n) is 28.7. The molecule has 0 aliphatic heterocycles. The molecule has 0 fully saturated rings. The highest BCUT2D eigenvalue weighted by Crippen LogP contribution is 2.56. The number of fused-ring (bicyclic) bond motifs is 2. The van der Waals surface area contributed by atoms with Gasteiger partial charge in [-0.15, -0.1) is 0 Å². The Morgan fingerprint density at radius 1 is 0.660 bits per heavy atom. The van der Waals surface area contributed by atoms with Crippen molar-refractivity contribution in [3.05, 3.63) is 203 Å². The Bertz CT molecular complexity index is 1980. The van der Waals surface area contributed by atoms with Crippen molar-refractivity contribution in [1.82, 2.24) is 0 Å². The van der Waals surface area contributed by atoms with Crippen LogP contribution in [0.25, 0.3) is 33.5 Å². The Labute approximate surface area is 282 Å². The first-order valence-corrected chi connectivity index (χ1v) is 16.8. The SMILES string of the molecule is C=CC1=C(C=C(C)C)C(c2ccccc2)(c2ccccc2)c2cc(-c3ccc4cc(/C=C/C(/C=C\C)=C/C)ccc4c3)ccc21.CC. The van der Waals surface area contributed by atoms with Crippen LogP contribution in [0.2, 0.25) is 0 Å². The molecular formula is C47H46. The van der Waals surface area contributed by atoms with Crippen LogP contribution in [0.15, 0.2) is 175 Å². The van der Waals surface area contributed by atoms with Gasteiger partial charge >= 0.3 is 0 Å². The molecule has 5 aromatic carbocycles. The molecule has 0 amide bonds. The predicted molar refractivity (Wildman–Crippen MR) is 208 cm³/mol. The zero-order chi connectivity index (χ0) is 33.4. The second kappa shape index (κ2) is 14.9. The first-order valence-electron chi connectivity index (χ1n) is 16.8. The maximum absolute atomic E-state index is 4.31. The van der Waals surface area contributed by atoms with E-state index in [0.29, 0.717) is 0 Å². The van der Waals surface area contributed by atoms with Crippen LogP contribution in [-0.2, 0) is 5.41 Å². The minimum Gasteiger partial charge on any atom is -0.0984 e. The lowest BCUT2D eigenvalue weighted by Gasteiger charge is -2.35. The van der Waals surface area contributed by atoms with Crippen LogP contribution in [0.5, 0.6) is 0 Å². The molecule has 0 atom stereocenters. The van der Waals surface area contributed by atoms with Crippen molar-refractivity contribution in [2.75, 3.05) is 0 Å². The fourth-order valence-electron chi connectivity index (χ4n) is 6.80. The molecule has 234 valence electrons. The molecule has 0 heteroatoms. The minimum atomic E-state index is -0.467. The molecule has 5 aromatic rings. The molecule has 0 spiro atoms. The van der Waals surface area contributed by atoms with E-state index in [1.165, 1.54) is 72.0 Å². The summed E-state index contributed by atoms with van der Waals surface area (Å²) < 4.78 is 0. The maximum Gasteiger partial charge on any atom is 0.0713 e. The highest BCUT2D eigenvalue weighted by atomic mass is 14.5. The first-order chi connectivity index (χ1) is 23.0. The fraction of sp³-hybridized carbons (Fsp3) is 0.149. The van der Waals surface area contributed by atoms with E-state index in [9.17, 15) is 0 Å². The highest BCUT2D eigenvalue weighted by molar-refractivity contribution is 5.94. The average Bonchev–Trinajstić information content (AvgIpc) is 3.39. The summed E-state index contributed by atoms with van der Waals surface area (Å²) in [5.41, 5.74) is 13.1. The van der Waals surface area contributed by atoms with Gasteiger partial charge in [0.2, 0.25) is 0 Å². The van der Waals surface area contributed by atoms with E-state index in [4.69, 9.17) is 0 Å². The molecule has 0 aromatic heterocycles. The van der Waals surface area contributed by atoms with E-state index in [0.717, 1.165) is 0 Å². The Morgan fingerprint density at radius 2 is 1.26 bits per heavy atom. The molecule has 0 saturated carbocycles. The third kappa shape index (κ3) is 6.42. The monoisotopic (exact) mass is 610 g/mol. The number of hydrogen-bond acceptors (Lipinski definition) is 0. The van der Waals surface area contributed by atoms with Gasteiger partial charge in [-0.25, -0.2) is 0 Å². The third-order valence-corrected chi connectivity index (χ3v) is 8.82. The molecule has 0 nitrogen and oxygen atoms in total. The van der Waals surface area contributed by atoms with Gasteiger partial charge in [0, 0.05) is 0 Å². The van der Waals surface area contributed by atoms with Gasteiger partial charge in [-0.2, -0.15) is 0 Å². The summed E-state index contributed by atoms with van der Waals surface area (Å²) in [7, 11) is 0. The smallest absolute Gasteiger partial charge is 0.0713 e. The second-order valence-corrected chi connectivity index (χ2v) is 11.9. The van der Waals surface area contributed by atoms with Crippen LogP contribution in [0, 0.1) is 0 Å². The standard InChI is InChI=1S/C45H40.C2H6/c1-6-15-33(7-2)20-21-34-22-23-36-30-37(25-24-35(36)29-34)38-26-27-42-41(8-3)43(28-32(4)5)45(44(42)31-38,39-16-11-9-12-17-39)40-18-13-10-14-19-40;1-2/h6-31H,3H2,1-2,4-5H3;1-2H3/b15-6-,21-20+,33-7+;. The summed E-state index contributed by atoms with van der Waals surface area (Å²) >= 11 is 0. The van der Waals surface area contributed by atoms with E-state index in [2.05, 4.69) is 179 Å². The summed E-state index contributed by atoms with van der Waals surface area (Å²) in [6.45, 7) is 16.8. The van der Waals surface area contributed by atoms with E-state index >= 15 is 0 Å². The lowest BCUT2D eigenvalue weighted by molar-refractivity contribution is 0.760. The summed E-state index contributed by atoms with van der Waals surface area (Å²) in [5, 5.41) is 2.47. The van der Waals surface area contributed by atoms with Crippen LogP contribution in [0.3, 0.4) is 0 Å². The third-order valence-electron chi connectivity index (χ3n) is 8.82. The van der Waals surface area contributed by atoms with Gasteiger partial charge in [-0.3, -0.25) is 0 Å². The summed E-state index contributed by atoms with van der Waals surface area (Å²) in [6.07, 6.45) is 15.1. The minimum absolute atomic E-state index is 0.467. The van der Waals surface area contributed by atoms with Crippen LogP contribution in [0.1, 0.15) is 69.4 Å². The van der Waals surface area contributed by atoms with Gasteiger partial charge in [0.15, 0.2) is 0 Å². The number of benzene rings is 5. The Morgan fingerprint density at radius 3 is 1.85 bits per heavy atom. The second-order valence-electron chi connectivity index (χ2n) is 11.9. The predicted octanol–water partition coefficient (Wildman–Crippen LogP) is 13.3. The van der Waals surface area contributed by atoms with E-state index < -0.39 is 5.41 Å². The van der Waals surface area contributed by atoms with Crippen molar-refractivity contribution in [3.63, 3.8) is 0 Å². The van der Waals surface area contributed by atoms with Crippen LogP contribution in [-0.4, -0.2) is 0 Å². The molecule has 47 heavy (non-hydrogen) atoms. The van der Waals surface area contributed by atoms with Crippen molar-refractivity contribution in [2.45, 2.75) is 47.0 Å². The van der Waals surface area contributed by atoms with Gasteiger partial charge in [0.05, 0.1) is 5.41 Å². The molecule has 6 rings (SSSR count). The Hall–Kier alpha value is -5.20. The lowest BCUT2D eigenvalue weighted by atomic mass is 9.66. The number of allylic oxidation sites excluding steroid dienone is 10. The normalized spacial score (nSPS) is 13.9. The van der Waals surface area contributed by atoms with Crippen molar-refractivity contribution in [2.24, 2.45) is 0 Å². The molecule has 1 aliphatic rings. The maximum atomic E-state index is 4.31. The largest absolute Gasteiger partial charge is 0.0984 e. The van der Waals surface area contributed by atoms with E-state index in [1.807, 2.05) is 26.8 Å². The van der Waals surface area contributed by atoms with Gasteiger partial charge in [0.1, 0.15) is 0 Å². The first kappa shape index (κ1) is 33.2. The molecule has 0 heterocycles. The van der Waals surface area contributed by atoms with Crippen molar-refractivity contribution < 1.29 is 0 Å². The van der Waals surface area contributed by atoms with Crippen LogP contribution < -0.4 is 0 Å². The Kier molecular flexibility index (Phi) is 10.5. The lowest BCUT2D eigenvalue weighted by Crippen LogP contribution is -2.29. The number of rotatable bonds is 8. The zero-order valence-corrected chi connectivity index (χ0v) is 28.7.